The highest BCUT2D eigenvalue weighted by atomic mass is 16.3. The van der Waals surface area contributed by atoms with E-state index in [0.29, 0.717) is 0 Å². The van der Waals surface area contributed by atoms with Gasteiger partial charge in [0, 0.05) is 12.6 Å². The summed E-state index contributed by atoms with van der Waals surface area (Å²) in [6, 6.07) is 16.5. The van der Waals surface area contributed by atoms with Crippen LogP contribution in [0.25, 0.3) is 5.69 Å². The molecule has 0 saturated heterocycles. The molecule has 3 aromatic rings. The minimum absolute atomic E-state index is 0.0855. The Bertz CT molecular complexity index is 721. The zero-order valence-electron chi connectivity index (χ0n) is 13.1. The number of nitrogens with zero attached hydrogens (tertiary/aromatic N) is 3. The second kappa shape index (κ2) is 7.17. The molecule has 0 bridgehead atoms. The highest BCUT2D eigenvalue weighted by Gasteiger charge is 2.06. The topological polar surface area (TPSA) is 63.0 Å². The predicted octanol–water partition coefficient (Wildman–Crippen LogP) is 2.61. The van der Waals surface area contributed by atoms with Crippen molar-refractivity contribution in [3.63, 3.8) is 0 Å². The van der Waals surface area contributed by atoms with Crippen LogP contribution >= 0.6 is 0 Å². The first-order chi connectivity index (χ1) is 11.3. The fourth-order valence-electron chi connectivity index (χ4n) is 2.41. The van der Waals surface area contributed by atoms with Gasteiger partial charge in [0.25, 0.3) is 0 Å². The highest BCUT2D eigenvalue weighted by molar-refractivity contribution is 5.34. The molecule has 5 heteroatoms. The summed E-state index contributed by atoms with van der Waals surface area (Å²) in [5.74, 6) is 0. The fraction of sp³-hybridized carbons (Fsp3) is 0.222. The lowest BCUT2D eigenvalue weighted by Crippen LogP contribution is -2.18. The molecule has 0 amide bonds. The van der Waals surface area contributed by atoms with Crippen molar-refractivity contribution in [2.75, 3.05) is 0 Å². The van der Waals surface area contributed by atoms with Gasteiger partial charge < -0.3 is 10.4 Å². The Morgan fingerprint density at radius 3 is 2.35 bits per heavy atom. The zero-order chi connectivity index (χ0) is 16.1. The van der Waals surface area contributed by atoms with Crippen LogP contribution in [0, 0.1) is 0 Å². The Labute approximate surface area is 135 Å². The molecule has 0 aliphatic heterocycles. The van der Waals surface area contributed by atoms with Crippen molar-refractivity contribution in [3.05, 3.63) is 77.6 Å². The lowest BCUT2D eigenvalue weighted by molar-refractivity contribution is 0.282. The van der Waals surface area contributed by atoms with Gasteiger partial charge in [-0.05, 0) is 35.7 Å². The standard InChI is InChI=1S/C18H20N4O/c1-14(19-12-15-2-4-16(13-23)5-3-15)17-6-8-18(9-7-17)22-11-10-20-21-22/h2-11,14,19,23H,12-13H2,1H3. The van der Waals surface area contributed by atoms with Gasteiger partial charge in [0.1, 0.15) is 0 Å². The van der Waals surface area contributed by atoms with Crippen LogP contribution < -0.4 is 5.32 Å². The molecule has 1 atom stereocenters. The summed E-state index contributed by atoms with van der Waals surface area (Å²) >= 11 is 0. The van der Waals surface area contributed by atoms with Crippen LogP contribution in [0.1, 0.15) is 29.7 Å². The van der Waals surface area contributed by atoms with E-state index in [1.165, 1.54) is 11.1 Å². The third-order valence-corrected chi connectivity index (χ3v) is 3.90. The highest BCUT2D eigenvalue weighted by Crippen LogP contribution is 2.16. The molecule has 0 fully saturated rings. The van der Waals surface area contributed by atoms with Crippen LogP contribution in [0.2, 0.25) is 0 Å². The molecule has 0 aliphatic carbocycles. The molecular weight excluding hydrogens is 288 g/mol. The fourth-order valence-corrected chi connectivity index (χ4v) is 2.41. The Hall–Kier alpha value is -2.50. The second-order valence-corrected chi connectivity index (χ2v) is 5.52. The quantitative estimate of drug-likeness (QED) is 0.735. The van der Waals surface area contributed by atoms with Gasteiger partial charge >= 0.3 is 0 Å². The summed E-state index contributed by atoms with van der Waals surface area (Å²) in [6.45, 7) is 3.02. The third-order valence-electron chi connectivity index (χ3n) is 3.90. The largest absolute Gasteiger partial charge is 0.392 e. The number of benzene rings is 2. The number of aliphatic hydroxyl groups is 1. The van der Waals surface area contributed by atoms with Gasteiger partial charge in [-0.15, -0.1) is 5.10 Å². The van der Waals surface area contributed by atoms with Crippen molar-refractivity contribution >= 4 is 0 Å². The van der Waals surface area contributed by atoms with E-state index < -0.39 is 0 Å². The SMILES string of the molecule is CC(NCc1ccc(CO)cc1)c1ccc(-n2ccnn2)cc1. The molecule has 0 spiro atoms. The summed E-state index contributed by atoms with van der Waals surface area (Å²) in [5, 5.41) is 20.4. The molecular formula is C18H20N4O. The van der Waals surface area contributed by atoms with Gasteiger partial charge in [-0.3, -0.25) is 0 Å². The molecule has 3 rings (SSSR count). The molecule has 1 aromatic heterocycles. The minimum Gasteiger partial charge on any atom is -0.392 e. The van der Waals surface area contributed by atoms with E-state index in [9.17, 15) is 0 Å². The Morgan fingerprint density at radius 1 is 1.04 bits per heavy atom. The van der Waals surface area contributed by atoms with Gasteiger partial charge in [0.2, 0.25) is 0 Å². The van der Waals surface area contributed by atoms with Crippen LogP contribution in [-0.2, 0) is 13.2 Å². The van der Waals surface area contributed by atoms with Gasteiger partial charge in [-0.1, -0.05) is 41.6 Å². The molecule has 2 aromatic carbocycles. The minimum atomic E-state index is 0.0855. The lowest BCUT2D eigenvalue weighted by atomic mass is 10.1. The summed E-state index contributed by atoms with van der Waals surface area (Å²) in [7, 11) is 0. The van der Waals surface area contributed by atoms with E-state index in [2.05, 4.69) is 34.7 Å². The zero-order valence-corrected chi connectivity index (χ0v) is 13.1. The van der Waals surface area contributed by atoms with Crippen molar-refractivity contribution in [1.29, 1.82) is 0 Å². The van der Waals surface area contributed by atoms with E-state index in [-0.39, 0.29) is 12.6 Å². The van der Waals surface area contributed by atoms with E-state index in [1.807, 2.05) is 42.6 Å². The van der Waals surface area contributed by atoms with Crippen molar-refractivity contribution < 1.29 is 5.11 Å². The molecule has 0 saturated carbocycles. The van der Waals surface area contributed by atoms with Crippen LogP contribution in [0.3, 0.4) is 0 Å². The van der Waals surface area contributed by atoms with E-state index in [0.717, 1.165) is 17.8 Å². The summed E-state index contributed by atoms with van der Waals surface area (Å²) in [5.41, 5.74) is 4.36. The number of rotatable bonds is 6. The summed E-state index contributed by atoms with van der Waals surface area (Å²) < 4.78 is 1.74. The van der Waals surface area contributed by atoms with Crippen molar-refractivity contribution in [2.24, 2.45) is 0 Å². The van der Waals surface area contributed by atoms with Crippen LogP contribution in [0.15, 0.2) is 60.9 Å². The normalized spacial score (nSPS) is 12.3. The monoisotopic (exact) mass is 308 g/mol. The maximum atomic E-state index is 9.06. The van der Waals surface area contributed by atoms with Crippen molar-refractivity contribution in [1.82, 2.24) is 20.3 Å². The molecule has 5 nitrogen and oxygen atoms in total. The Kier molecular flexibility index (Phi) is 4.80. The first-order valence-electron chi connectivity index (χ1n) is 7.65. The number of aliphatic hydroxyl groups excluding tert-OH is 1. The maximum absolute atomic E-state index is 9.06. The first kappa shape index (κ1) is 15.4. The van der Waals surface area contributed by atoms with E-state index in [1.54, 1.807) is 10.9 Å². The van der Waals surface area contributed by atoms with Gasteiger partial charge in [-0.25, -0.2) is 4.68 Å². The Morgan fingerprint density at radius 2 is 1.74 bits per heavy atom. The van der Waals surface area contributed by atoms with Gasteiger partial charge in [-0.2, -0.15) is 0 Å². The average molecular weight is 308 g/mol. The summed E-state index contributed by atoms with van der Waals surface area (Å²) in [6.07, 6.45) is 3.49. The number of aromatic nitrogens is 3. The number of nitrogens with one attached hydrogen (secondary N) is 1. The van der Waals surface area contributed by atoms with Crippen molar-refractivity contribution in [2.45, 2.75) is 26.1 Å². The summed E-state index contributed by atoms with van der Waals surface area (Å²) in [4.78, 5) is 0. The molecule has 1 unspecified atom stereocenters. The molecule has 1 heterocycles. The van der Waals surface area contributed by atoms with E-state index >= 15 is 0 Å². The number of hydrogen-bond acceptors (Lipinski definition) is 4. The smallest absolute Gasteiger partial charge is 0.0697 e. The number of hydrogen-bond donors (Lipinski definition) is 2. The van der Waals surface area contributed by atoms with Crippen LogP contribution in [0.4, 0.5) is 0 Å². The lowest BCUT2D eigenvalue weighted by Gasteiger charge is -2.15. The predicted molar refractivity (Wildman–Crippen MR) is 89.0 cm³/mol. The molecule has 0 radical (unpaired) electrons. The van der Waals surface area contributed by atoms with Gasteiger partial charge in [0.15, 0.2) is 0 Å². The Balaban J connectivity index is 1.60. The van der Waals surface area contributed by atoms with Gasteiger partial charge in [0.05, 0.1) is 24.7 Å². The van der Waals surface area contributed by atoms with Crippen LogP contribution in [0.5, 0.6) is 0 Å². The second-order valence-electron chi connectivity index (χ2n) is 5.52. The van der Waals surface area contributed by atoms with Crippen molar-refractivity contribution in [3.8, 4) is 5.69 Å². The van der Waals surface area contributed by atoms with Crippen LogP contribution in [-0.4, -0.2) is 20.1 Å². The molecule has 0 aliphatic rings. The average Bonchev–Trinajstić information content (AvgIpc) is 3.15. The third kappa shape index (κ3) is 3.83. The first-order valence-corrected chi connectivity index (χ1v) is 7.65. The maximum Gasteiger partial charge on any atom is 0.0697 e. The van der Waals surface area contributed by atoms with E-state index in [4.69, 9.17) is 5.11 Å². The molecule has 23 heavy (non-hydrogen) atoms. The molecule has 118 valence electrons. The molecule has 2 N–H and O–H groups in total.